The first-order valence-electron chi connectivity index (χ1n) is 3.05. The van der Waals surface area contributed by atoms with Gasteiger partial charge in [0.05, 0.1) is 6.54 Å². The number of carboxylic acid groups (broad SMARTS) is 1. The highest BCUT2D eigenvalue weighted by Gasteiger charge is 2.04. The van der Waals surface area contributed by atoms with Crippen LogP contribution in [0.5, 0.6) is 0 Å². The van der Waals surface area contributed by atoms with Crippen LogP contribution in [0.2, 0.25) is 0 Å². The minimum Gasteiger partial charge on any atom is -0.480 e. The summed E-state index contributed by atoms with van der Waals surface area (Å²) in [6.45, 7) is 1.17. The van der Waals surface area contributed by atoms with Crippen molar-refractivity contribution in [2.45, 2.75) is 0 Å². The van der Waals surface area contributed by atoms with E-state index in [1.807, 2.05) is 0 Å². The SMILES string of the molecule is NCCN(CN)CC(=O)O. The van der Waals surface area contributed by atoms with Gasteiger partial charge in [-0.1, -0.05) is 0 Å². The molecule has 0 aromatic carbocycles. The maximum Gasteiger partial charge on any atom is 0.317 e. The highest BCUT2D eigenvalue weighted by molar-refractivity contribution is 5.69. The molecule has 5 N–H and O–H groups in total. The Morgan fingerprint density at radius 1 is 1.50 bits per heavy atom. The minimum absolute atomic E-state index is 0.0340. The zero-order chi connectivity index (χ0) is 7.98. The molecule has 10 heavy (non-hydrogen) atoms. The van der Waals surface area contributed by atoms with E-state index >= 15 is 0 Å². The molecule has 0 aliphatic heterocycles. The van der Waals surface area contributed by atoms with Crippen molar-refractivity contribution in [1.29, 1.82) is 0 Å². The molecule has 0 aromatic rings. The quantitative estimate of drug-likeness (QED) is 0.401. The van der Waals surface area contributed by atoms with Crippen molar-refractivity contribution in [1.82, 2.24) is 4.90 Å². The Morgan fingerprint density at radius 3 is 2.40 bits per heavy atom. The topological polar surface area (TPSA) is 92.6 Å². The Labute approximate surface area is 59.6 Å². The van der Waals surface area contributed by atoms with Gasteiger partial charge < -0.3 is 16.6 Å². The van der Waals surface area contributed by atoms with Crippen molar-refractivity contribution in [3.05, 3.63) is 0 Å². The first kappa shape index (κ1) is 9.35. The second-order valence-corrected chi connectivity index (χ2v) is 1.92. The van der Waals surface area contributed by atoms with Crippen LogP contribution in [-0.4, -0.2) is 42.3 Å². The van der Waals surface area contributed by atoms with Crippen molar-refractivity contribution >= 4 is 5.97 Å². The van der Waals surface area contributed by atoms with Gasteiger partial charge in [-0.3, -0.25) is 9.69 Å². The van der Waals surface area contributed by atoms with Crippen LogP contribution in [0.15, 0.2) is 0 Å². The summed E-state index contributed by atoms with van der Waals surface area (Å²) in [5.74, 6) is -0.876. The monoisotopic (exact) mass is 147 g/mol. The number of nitrogens with two attached hydrogens (primary N) is 2. The summed E-state index contributed by atoms with van der Waals surface area (Å²) >= 11 is 0. The van der Waals surface area contributed by atoms with Crippen molar-refractivity contribution < 1.29 is 9.90 Å². The number of hydrogen-bond donors (Lipinski definition) is 3. The van der Waals surface area contributed by atoms with E-state index in [0.29, 0.717) is 13.1 Å². The fraction of sp³-hybridized carbons (Fsp3) is 0.800. The van der Waals surface area contributed by atoms with Crippen molar-refractivity contribution in [2.24, 2.45) is 11.5 Å². The molecule has 0 rings (SSSR count). The molecule has 0 unspecified atom stereocenters. The maximum absolute atomic E-state index is 10.1. The molecule has 0 radical (unpaired) electrons. The fourth-order valence-electron chi connectivity index (χ4n) is 0.609. The summed E-state index contributed by atoms with van der Waals surface area (Å²) < 4.78 is 0. The van der Waals surface area contributed by atoms with E-state index in [-0.39, 0.29) is 13.2 Å². The fourth-order valence-corrected chi connectivity index (χ4v) is 0.609. The molecule has 0 aliphatic rings. The van der Waals surface area contributed by atoms with Gasteiger partial charge in [-0.15, -0.1) is 0 Å². The van der Waals surface area contributed by atoms with Gasteiger partial charge in [-0.25, -0.2) is 0 Å². The Hall–Kier alpha value is -0.650. The maximum atomic E-state index is 10.1. The van der Waals surface area contributed by atoms with Crippen LogP contribution in [0.4, 0.5) is 0 Å². The summed E-state index contributed by atoms with van der Waals surface area (Å²) in [4.78, 5) is 11.7. The van der Waals surface area contributed by atoms with E-state index in [9.17, 15) is 4.79 Å². The molecule has 0 bridgehead atoms. The summed E-state index contributed by atoms with van der Waals surface area (Å²) in [5, 5.41) is 8.30. The molecule has 60 valence electrons. The second-order valence-electron chi connectivity index (χ2n) is 1.92. The van der Waals surface area contributed by atoms with Gasteiger partial charge in [0.1, 0.15) is 0 Å². The molecular formula is C5H13N3O2. The van der Waals surface area contributed by atoms with Crippen LogP contribution < -0.4 is 11.5 Å². The Morgan fingerprint density at radius 2 is 2.10 bits per heavy atom. The van der Waals surface area contributed by atoms with Crippen LogP contribution in [0.3, 0.4) is 0 Å². The molecule has 0 fully saturated rings. The van der Waals surface area contributed by atoms with Gasteiger partial charge in [-0.05, 0) is 0 Å². The van der Waals surface area contributed by atoms with Crippen molar-refractivity contribution in [2.75, 3.05) is 26.3 Å². The largest absolute Gasteiger partial charge is 0.480 e. The number of carboxylic acids is 1. The van der Waals surface area contributed by atoms with E-state index in [0.717, 1.165) is 0 Å². The molecule has 5 nitrogen and oxygen atoms in total. The average molecular weight is 147 g/mol. The number of hydrogen-bond acceptors (Lipinski definition) is 4. The second kappa shape index (κ2) is 5.16. The van der Waals surface area contributed by atoms with E-state index < -0.39 is 5.97 Å². The molecule has 5 heteroatoms. The predicted molar refractivity (Wildman–Crippen MR) is 37.3 cm³/mol. The van der Waals surface area contributed by atoms with E-state index in [2.05, 4.69) is 0 Å². The van der Waals surface area contributed by atoms with Gasteiger partial charge >= 0.3 is 5.97 Å². The normalized spacial score (nSPS) is 10.3. The molecule has 0 saturated carbocycles. The van der Waals surface area contributed by atoms with Crippen LogP contribution in [-0.2, 0) is 4.79 Å². The zero-order valence-electron chi connectivity index (χ0n) is 5.79. The molecule has 0 heterocycles. The first-order valence-corrected chi connectivity index (χ1v) is 3.05. The molecule has 0 saturated heterocycles. The molecular weight excluding hydrogens is 134 g/mol. The van der Waals surface area contributed by atoms with Crippen LogP contribution in [0, 0.1) is 0 Å². The van der Waals surface area contributed by atoms with Gasteiger partial charge in [0, 0.05) is 19.8 Å². The lowest BCUT2D eigenvalue weighted by molar-refractivity contribution is -0.138. The molecule has 0 aliphatic carbocycles. The smallest absolute Gasteiger partial charge is 0.317 e. The number of aliphatic carboxylic acids is 1. The van der Waals surface area contributed by atoms with Gasteiger partial charge in [0.2, 0.25) is 0 Å². The van der Waals surface area contributed by atoms with Crippen LogP contribution in [0.25, 0.3) is 0 Å². The average Bonchev–Trinajstić information content (AvgIpc) is 1.86. The summed E-state index contributed by atoms with van der Waals surface area (Å²) in [5.41, 5.74) is 10.4. The van der Waals surface area contributed by atoms with Gasteiger partial charge in [-0.2, -0.15) is 0 Å². The molecule has 0 aromatic heterocycles. The van der Waals surface area contributed by atoms with E-state index in [1.54, 1.807) is 4.90 Å². The molecule has 0 amide bonds. The van der Waals surface area contributed by atoms with Crippen LogP contribution >= 0.6 is 0 Å². The van der Waals surface area contributed by atoms with Crippen LogP contribution in [0.1, 0.15) is 0 Å². The molecule has 0 spiro atoms. The lowest BCUT2D eigenvalue weighted by Gasteiger charge is -2.15. The Bertz CT molecular complexity index is 107. The number of rotatable bonds is 5. The third kappa shape index (κ3) is 4.25. The lowest BCUT2D eigenvalue weighted by Crippen LogP contribution is -2.38. The van der Waals surface area contributed by atoms with E-state index in [4.69, 9.17) is 16.6 Å². The highest BCUT2D eigenvalue weighted by Crippen LogP contribution is 1.80. The summed E-state index contributed by atoms with van der Waals surface area (Å²) in [6.07, 6.45) is 0. The minimum atomic E-state index is -0.876. The number of carbonyl (C=O) groups is 1. The Balaban J connectivity index is 3.49. The zero-order valence-corrected chi connectivity index (χ0v) is 5.79. The van der Waals surface area contributed by atoms with Gasteiger partial charge in [0.25, 0.3) is 0 Å². The van der Waals surface area contributed by atoms with Crippen molar-refractivity contribution in [3.8, 4) is 0 Å². The van der Waals surface area contributed by atoms with Gasteiger partial charge in [0.15, 0.2) is 0 Å². The third-order valence-corrected chi connectivity index (χ3v) is 1.06. The summed E-state index contributed by atoms with van der Waals surface area (Å²) in [6, 6.07) is 0. The predicted octanol–water partition coefficient (Wildman–Crippen LogP) is -1.75. The standard InChI is InChI=1S/C5H13N3O2/c6-1-2-8(4-7)3-5(9)10/h1-4,6-7H2,(H,9,10). The lowest BCUT2D eigenvalue weighted by atomic mass is 10.5. The molecule has 0 atom stereocenters. The number of nitrogens with zero attached hydrogens (tertiary/aromatic N) is 1. The van der Waals surface area contributed by atoms with Crippen molar-refractivity contribution in [3.63, 3.8) is 0 Å². The highest BCUT2D eigenvalue weighted by atomic mass is 16.4. The Kier molecular flexibility index (Phi) is 4.82. The van der Waals surface area contributed by atoms with E-state index in [1.165, 1.54) is 0 Å². The summed E-state index contributed by atoms with van der Waals surface area (Å²) in [7, 11) is 0. The third-order valence-electron chi connectivity index (χ3n) is 1.06. The first-order chi connectivity index (χ1) is 4.70.